The minimum absolute atomic E-state index is 0.201. The van der Waals surface area contributed by atoms with Crippen molar-refractivity contribution < 1.29 is 9.18 Å². The number of hydrogen-bond acceptors (Lipinski definition) is 4. The van der Waals surface area contributed by atoms with E-state index in [4.69, 9.17) is 0 Å². The molecule has 1 aliphatic rings. The SMILES string of the molecule is Cc1cccc(C)c1NC(=O)Nc1ccc(N2CCCN(Cc3ccc(F)cc3)CC2)nc1. The summed E-state index contributed by atoms with van der Waals surface area (Å²) in [7, 11) is 0. The Kier molecular flexibility index (Phi) is 7.19. The largest absolute Gasteiger partial charge is 0.355 e. The van der Waals surface area contributed by atoms with Crippen LogP contribution in [0.25, 0.3) is 0 Å². The van der Waals surface area contributed by atoms with Crippen LogP contribution in [0.4, 0.5) is 26.4 Å². The van der Waals surface area contributed by atoms with Crippen LogP contribution in [0.1, 0.15) is 23.1 Å². The van der Waals surface area contributed by atoms with Gasteiger partial charge in [0.15, 0.2) is 0 Å². The van der Waals surface area contributed by atoms with Gasteiger partial charge in [-0.15, -0.1) is 0 Å². The van der Waals surface area contributed by atoms with Crippen LogP contribution < -0.4 is 15.5 Å². The molecule has 2 amide bonds. The molecular weight excluding hydrogens is 417 g/mol. The number of anilines is 3. The molecule has 2 heterocycles. The number of nitrogens with zero attached hydrogens (tertiary/aromatic N) is 3. The summed E-state index contributed by atoms with van der Waals surface area (Å²) in [6, 6.07) is 16.2. The summed E-state index contributed by atoms with van der Waals surface area (Å²) in [4.78, 5) is 21.7. The Balaban J connectivity index is 1.31. The molecule has 4 rings (SSSR count). The standard InChI is InChI=1S/C26H30FN5O/c1-19-5-3-6-20(2)25(19)30-26(33)29-23-11-12-24(28-17-23)32-14-4-13-31(15-16-32)18-21-7-9-22(27)10-8-21/h3,5-12,17H,4,13-16,18H2,1-2H3,(H2,29,30,33). The predicted molar refractivity (Wildman–Crippen MR) is 131 cm³/mol. The number of benzene rings is 2. The number of aromatic nitrogens is 1. The zero-order valence-corrected chi connectivity index (χ0v) is 19.1. The van der Waals surface area contributed by atoms with E-state index in [1.165, 1.54) is 12.1 Å². The number of aryl methyl sites for hydroxylation is 2. The number of para-hydroxylation sites is 1. The summed E-state index contributed by atoms with van der Waals surface area (Å²) in [5, 5.41) is 5.79. The highest BCUT2D eigenvalue weighted by Crippen LogP contribution is 2.21. The van der Waals surface area contributed by atoms with Crippen molar-refractivity contribution in [1.29, 1.82) is 0 Å². The average molecular weight is 448 g/mol. The van der Waals surface area contributed by atoms with Gasteiger partial charge in [-0.25, -0.2) is 14.2 Å². The molecule has 33 heavy (non-hydrogen) atoms. The van der Waals surface area contributed by atoms with Gasteiger partial charge in [-0.1, -0.05) is 30.3 Å². The number of rotatable bonds is 5. The first-order valence-corrected chi connectivity index (χ1v) is 11.3. The monoisotopic (exact) mass is 447 g/mol. The van der Waals surface area contributed by atoms with Gasteiger partial charge in [0.2, 0.25) is 0 Å². The van der Waals surface area contributed by atoms with Crippen molar-refractivity contribution >= 4 is 23.2 Å². The smallest absolute Gasteiger partial charge is 0.323 e. The van der Waals surface area contributed by atoms with E-state index in [-0.39, 0.29) is 11.8 Å². The van der Waals surface area contributed by atoms with Crippen molar-refractivity contribution in [3.05, 3.63) is 83.3 Å². The molecule has 172 valence electrons. The van der Waals surface area contributed by atoms with Crippen LogP contribution in [0.15, 0.2) is 60.8 Å². The summed E-state index contributed by atoms with van der Waals surface area (Å²) < 4.78 is 13.1. The fourth-order valence-electron chi connectivity index (χ4n) is 4.14. The third-order valence-corrected chi connectivity index (χ3v) is 5.96. The Morgan fingerprint density at radius 1 is 0.939 bits per heavy atom. The van der Waals surface area contributed by atoms with Crippen molar-refractivity contribution in [2.75, 3.05) is 41.7 Å². The molecule has 0 aliphatic carbocycles. The van der Waals surface area contributed by atoms with Gasteiger partial charge in [0.05, 0.1) is 11.9 Å². The number of urea groups is 1. The zero-order valence-electron chi connectivity index (χ0n) is 19.1. The van der Waals surface area contributed by atoms with Crippen LogP contribution in [0.2, 0.25) is 0 Å². The van der Waals surface area contributed by atoms with Gasteiger partial charge in [0.25, 0.3) is 0 Å². The molecule has 3 aromatic rings. The van der Waals surface area contributed by atoms with Crippen LogP contribution in [0.5, 0.6) is 0 Å². The summed E-state index contributed by atoms with van der Waals surface area (Å²) in [5.41, 5.74) is 4.64. The summed E-state index contributed by atoms with van der Waals surface area (Å²) in [6.07, 6.45) is 2.72. The van der Waals surface area contributed by atoms with Gasteiger partial charge in [-0.05, 0) is 61.2 Å². The fourth-order valence-corrected chi connectivity index (χ4v) is 4.14. The molecule has 2 aromatic carbocycles. The molecule has 2 N–H and O–H groups in total. The van der Waals surface area contributed by atoms with Crippen molar-refractivity contribution in [2.45, 2.75) is 26.8 Å². The van der Waals surface area contributed by atoms with E-state index in [0.717, 1.165) is 67.3 Å². The number of halogens is 1. The minimum atomic E-state index is -0.284. The normalized spacial score (nSPS) is 14.6. The fraction of sp³-hybridized carbons (Fsp3) is 0.308. The number of pyridine rings is 1. The molecule has 0 unspecified atom stereocenters. The lowest BCUT2D eigenvalue weighted by molar-refractivity contribution is 0.262. The lowest BCUT2D eigenvalue weighted by atomic mass is 10.1. The quantitative estimate of drug-likeness (QED) is 0.565. The molecule has 0 saturated carbocycles. The molecule has 7 heteroatoms. The zero-order chi connectivity index (χ0) is 23.2. The molecule has 1 aliphatic heterocycles. The number of nitrogens with one attached hydrogen (secondary N) is 2. The van der Waals surface area contributed by atoms with E-state index in [1.54, 1.807) is 6.20 Å². The van der Waals surface area contributed by atoms with Crippen molar-refractivity contribution in [3.63, 3.8) is 0 Å². The van der Waals surface area contributed by atoms with E-state index in [1.807, 2.05) is 56.3 Å². The second kappa shape index (κ2) is 10.4. The highest BCUT2D eigenvalue weighted by molar-refractivity contribution is 6.00. The predicted octanol–water partition coefficient (Wildman–Crippen LogP) is 5.19. The van der Waals surface area contributed by atoms with Gasteiger partial charge < -0.3 is 15.5 Å². The Morgan fingerprint density at radius 2 is 1.70 bits per heavy atom. The molecule has 0 spiro atoms. The summed E-state index contributed by atoms with van der Waals surface area (Å²) in [5.74, 6) is 0.701. The second-order valence-electron chi connectivity index (χ2n) is 8.49. The topological polar surface area (TPSA) is 60.5 Å². The first kappa shape index (κ1) is 22.7. The number of hydrogen-bond donors (Lipinski definition) is 2. The second-order valence-corrected chi connectivity index (χ2v) is 8.49. The van der Waals surface area contributed by atoms with Crippen LogP contribution in [-0.2, 0) is 6.54 Å². The van der Waals surface area contributed by atoms with Gasteiger partial charge in [0.1, 0.15) is 11.6 Å². The van der Waals surface area contributed by atoms with Crippen LogP contribution in [0, 0.1) is 19.7 Å². The van der Waals surface area contributed by atoms with E-state index >= 15 is 0 Å². The molecule has 6 nitrogen and oxygen atoms in total. The third kappa shape index (κ3) is 6.08. The maximum Gasteiger partial charge on any atom is 0.323 e. The van der Waals surface area contributed by atoms with Crippen molar-refractivity contribution in [1.82, 2.24) is 9.88 Å². The van der Waals surface area contributed by atoms with E-state index < -0.39 is 0 Å². The van der Waals surface area contributed by atoms with Gasteiger partial charge in [-0.3, -0.25) is 4.90 Å². The number of carbonyl (C=O) groups is 1. The van der Waals surface area contributed by atoms with E-state index in [2.05, 4.69) is 25.4 Å². The average Bonchev–Trinajstić information content (AvgIpc) is 3.04. The van der Waals surface area contributed by atoms with Crippen LogP contribution >= 0.6 is 0 Å². The molecule has 0 atom stereocenters. The molecule has 0 bridgehead atoms. The molecule has 0 radical (unpaired) electrons. The molecule has 1 saturated heterocycles. The van der Waals surface area contributed by atoms with Crippen molar-refractivity contribution in [3.8, 4) is 0 Å². The third-order valence-electron chi connectivity index (χ3n) is 5.96. The van der Waals surface area contributed by atoms with Gasteiger partial charge >= 0.3 is 6.03 Å². The first-order valence-electron chi connectivity index (χ1n) is 11.3. The Labute approximate surface area is 194 Å². The maximum atomic E-state index is 13.1. The lowest BCUT2D eigenvalue weighted by Crippen LogP contribution is -2.31. The molecule has 1 fully saturated rings. The van der Waals surface area contributed by atoms with Gasteiger partial charge in [0, 0.05) is 38.4 Å². The molecular formula is C26H30FN5O. The molecule has 1 aromatic heterocycles. The van der Waals surface area contributed by atoms with E-state index in [9.17, 15) is 9.18 Å². The maximum absolute atomic E-state index is 13.1. The highest BCUT2D eigenvalue weighted by atomic mass is 19.1. The highest BCUT2D eigenvalue weighted by Gasteiger charge is 2.16. The van der Waals surface area contributed by atoms with Gasteiger partial charge in [-0.2, -0.15) is 0 Å². The van der Waals surface area contributed by atoms with E-state index in [0.29, 0.717) is 5.69 Å². The van der Waals surface area contributed by atoms with Crippen LogP contribution in [0.3, 0.4) is 0 Å². The lowest BCUT2D eigenvalue weighted by Gasteiger charge is -2.23. The Hall–Kier alpha value is -3.45. The Morgan fingerprint density at radius 3 is 2.39 bits per heavy atom. The Bertz CT molecular complexity index is 1060. The summed E-state index contributed by atoms with van der Waals surface area (Å²) in [6.45, 7) is 8.46. The first-order chi connectivity index (χ1) is 16.0. The number of amides is 2. The van der Waals surface area contributed by atoms with Crippen molar-refractivity contribution in [2.24, 2.45) is 0 Å². The van der Waals surface area contributed by atoms with Crippen LogP contribution in [-0.4, -0.2) is 42.1 Å². The number of carbonyl (C=O) groups excluding carboxylic acids is 1. The minimum Gasteiger partial charge on any atom is -0.355 e. The summed E-state index contributed by atoms with van der Waals surface area (Å²) >= 11 is 0.